The molecular weight excluding hydrogens is 178 g/mol. The van der Waals surface area contributed by atoms with E-state index in [1.165, 1.54) is 6.92 Å². The predicted molar refractivity (Wildman–Crippen MR) is 56.2 cm³/mol. The molecule has 0 saturated heterocycles. The maximum Gasteiger partial charge on any atom is 0.251 e. The van der Waals surface area contributed by atoms with E-state index in [4.69, 9.17) is 5.11 Å². The SMILES string of the molecule is C/C(O)=C/C(=O)Nc1ccc(C)cc1. The van der Waals surface area contributed by atoms with Gasteiger partial charge in [-0.15, -0.1) is 0 Å². The molecule has 2 N–H and O–H groups in total. The number of aliphatic hydroxyl groups excluding tert-OH is 1. The van der Waals surface area contributed by atoms with Gasteiger partial charge in [0.05, 0.1) is 5.76 Å². The summed E-state index contributed by atoms with van der Waals surface area (Å²) in [5, 5.41) is 11.5. The van der Waals surface area contributed by atoms with Crippen molar-refractivity contribution in [2.75, 3.05) is 5.32 Å². The lowest BCUT2D eigenvalue weighted by Gasteiger charge is -2.02. The molecule has 0 saturated carbocycles. The maximum atomic E-state index is 11.2. The molecular formula is C11H13NO2. The summed E-state index contributed by atoms with van der Waals surface area (Å²) in [5.74, 6) is -0.330. The van der Waals surface area contributed by atoms with Crippen LogP contribution in [0.4, 0.5) is 5.69 Å². The summed E-state index contributed by atoms with van der Waals surface area (Å²) < 4.78 is 0. The molecule has 0 unspecified atom stereocenters. The third kappa shape index (κ3) is 3.31. The minimum absolute atomic E-state index is 0.00499. The van der Waals surface area contributed by atoms with Gasteiger partial charge in [-0.05, 0) is 26.0 Å². The van der Waals surface area contributed by atoms with Gasteiger partial charge in [0.15, 0.2) is 0 Å². The Kier molecular flexibility index (Phi) is 3.29. The second-order valence-corrected chi connectivity index (χ2v) is 3.14. The second kappa shape index (κ2) is 4.46. The zero-order chi connectivity index (χ0) is 10.6. The molecule has 14 heavy (non-hydrogen) atoms. The van der Waals surface area contributed by atoms with E-state index in [0.717, 1.165) is 17.3 Å². The number of hydrogen-bond donors (Lipinski definition) is 2. The molecule has 0 aromatic heterocycles. The number of rotatable bonds is 2. The monoisotopic (exact) mass is 191 g/mol. The van der Waals surface area contributed by atoms with Crippen LogP contribution in [-0.4, -0.2) is 11.0 Å². The van der Waals surface area contributed by atoms with Gasteiger partial charge in [0.1, 0.15) is 0 Å². The fourth-order valence-corrected chi connectivity index (χ4v) is 1.00. The molecule has 0 spiro atoms. The number of benzene rings is 1. The molecule has 3 nitrogen and oxygen atoms in total. The number of amides is 1. The van der Waals surface area contributed by atoms with Crippen LogP contribution in [0.1, 0.15) is 12.5 Å². The van der Waals surface area contributed by atoms with Gasteiger partial charge < -0.3 is 10.4 Å². The highest BCUT2D eigenvalue weighted by Crippen LogP contribution is 2.08. The highest BCUT2D eigenvalue weighted by atomic mass is 16.3. The quantitative estimate of drug-likeness (QED) is 0.557. The molecule has 0 aliphatic heterocycles. The van der Waals surface area contributed by atoms with Gasteiger partial charge in [-0.2, -0.15) is 0 Å². The first-order chi connectivity index (χ1) is 6.58. The van der Waals surface area contributed by atoms with Gasteiger partial charge in [0.25, 0.3) is 5.91 Å². The van der Waals surface area contributed by atoms with Gasteiger partial charge in [-0.1, -0.05) is 17.7 Å². The molecule has 1 amide bonds. The van der Waals surface area contributed by atoms with Crippen molar-refractivity contribution in [3.63, 3.8) is 0 Å². The van der Waals surface area contributed by atoms with Gasteiger partial charge in [0.2, 0.25) is 0 Å². The van der Waals surface area contributed by atoms with Crippen LogP contribution >= 0.6 is 0 Å². The van der Waals surface area contributed by atoms with Gasteiger partial charge in [0, 0.05) is 11.8 Å². The number of hydrogen-bond acceptors (Lipinski definition) is 2. The van der Waals surface area contributed by atoms with E-state index in [-0.39, 0.29) is 11.7 Å². The molecule has 1 aromatic carbocycles. The molecule has 0 atom stereocenters. The fraction of sp³-hybridized carbons (Fsp3) is 0.182. The van der Waals surface area contributed by atoms with Crippen molar-refractivity contribution in [3.8, 4) is 0 Å². The molecule has 1 aromatic rings. The minimum Gasteiger partial charge on any atom is -0.512 e. The summed E-state index contributed by atoms with van der Waals surface area (Å²) in [7, 11) is 0. The van der Waals surface area contributed by atoms with Crippen LogP contribution in [0.3, 0.4) is 0 Å². The van der Waals surface area contributed by atoms with E-state index < -0.39 is 0 Å². The molecule has 0 bridgehead atoms. The Hall–Kier alpha value is -1.77. The van der Waals surface area contributed by atoms with Crippen molar-refractivity contribution >= 4 is 11.6 Å². The number of allylic oxidation sites excluding steroid dienone is 1. The van der Waals surface area contributed by atoms with Crippen LogP contribution in [-0.2, 0) is 4.79 Å². The molecule has 0 radical (unpaired) electrons. The third-order valence-electron chi connectivity index (χ3n) is 1.66. The topological polar surface area (TPSA) is 49.3 Å². The van der Waals surface area contributed by atoms with Crippen LogP contribution < -0.4 is 5.32 Å². The summed E-state index contributed by atoms with van der Waals surface area (Å²) in [6, 6.07) is 7.44. The first-order valence-corrected chi connectivity index (χ1v) is 4.33. The van der Waals surface area contributed by atoms with Crippen molar-refractivity contribution in [2.24, 2.45) is 0 Å². The molecule has 0 aliphatic carbocycles. The normalized spacial score (nSPS) is 11.1. The van der Waals surface area contributed by atoms with E-state index in [0.29, 0.717) is 0 Å². The van der Waals surface area contributed by atoms with E-state index in [1.54, 1.807) is 0 Å². The summed E-state index contributed by atoms with van der Waals surface area (Å²) >= 11 is 0. The average molecular weight is 191 g/mol. The first-order valence-electron chi connectivity index (χ1n) is 4.33. The molecule has 3 heteroatoms. The molecule has 0 aliphatic rings. The highest BCUT2D eigenvalue weighted by molar-refractivity contribution is 5.99. The van der Waals surface area contributed by atoms with E-state index >= 15 is 0 Å². The predicted octanol–water partition coefficient (Wildman–Crippen LogP) is 2.40. The Morgan fingerprint density at radius 3 is 2.43 bits per heavy atom. The molecule has 0 fully saturated rings. The van der Waals surface area contributed by atoms with Crippen molar-refractivity contribution in [3.05, 3.63) is 41.7 Å². The van der Waals surface area contributed by atoms with Crippen LogP contribution in [0, 0.1) is 6.92 Å². The molecule has 74 valence electrons. The van der Waals surface area contributed by atoms with Crippen molar-refractivity contribution in [2.45, 2.75) is 13.8 Å². The Bertz CT molecular complexity index is 348. The van der Waals surface area contributed by atoms with E-state index in [9.17, 15) is 4.79 Å². The van der Waals surface area contributed by atoms with Gasteiger partial charge >= 0.3 is 0 Å². The van der Waals surface area contributed by atoms with Crippen LogP contribution in [0.5, 0.6) is 0 Å². The number of carbonyl (C=O) groups excluding carboxylic acids is 1. The van der Waals surface area contributed by atoms with E-state index in [1.807, 2.05) is 31.2 Å². The largest absolute Gasteiger partial charge is 0.512 e. The maximum absolute atomic E-state index is 11.2. The number of anilines is 1. The lowest BCUT2D eigenvalue weighted by molar-refractivity contribution is -0.112. The smallest absolute Gasteiger partial charge is 0.251 e. The summed E-state index contributed by atoms with van der Waals surface area (Å²) in [5.41, 5.74) is 1.86. The zero-order valence-corrected chi connectivity index (χ0v) is 8.24. The highest BCUT2D eigenvalue weighted by Gasteiger charge is 1.98. The Morgan fingerprint density at radius 2 is 1.93 bits per heavy atom. The van der Waals surface area contributed by atoms with Gasteiger partial charge in [-0.25, -0.2) is 0 Å². The Labute approximate surface area is 83.1 Å². The lowest BCUT2D eigenvalue weighted by atomic mass is 10.2. The fourth-order valence-electron chi connectivity index (χ4n) is 1.00. The zero-order valence-electron chi connectivity index (χ0n) is 8.24. The van der Waals surface area contributed by atoms with Crippen LogP contribution in [0.15, 0.2) is 36.1 Å². The lowest BCUT2D eigenvalue weighted by Crippen LogP contribution is -2.08. The Balaban J connectivity index is 2.66. The number of carbonyl (C=O) groups is 1. The van der Waals surface area contributed by atoms with Crippen LogP contribution in [0.25, 0.3) is 0 Å². The summed E-state index contributed by atoms with van der Waals surface area (Å²) in [6.07, 6.45) is 1.14. The first kappa shape index (κ1) is 10.3. The summed E-state index contributed by atoms with van der Waals surface area (Å²) in [4.78, 5) is 11.2. The number of nitrogens with one attached hydrogen (secondary N) is 1. The molecule has 1 rings (SSSR count). The van der Waals surface area contributed by atoms with Crippen LogP contribution in [0.2, 0.25) is 0 Å². The standard InChI is InChI=1S/C11H13NO2/c1-8-3-5-10(6-4-8)12-11(14)7-9(2)13/h3-7,13H,1-2H3,(H,12,14)/b9-7-. The number of aliphatic hydroxyl groups is 1. The Morgan fingerprint density at radius 1 is 1.36 bits per heavy atom. The van der Waals surface area contributed by atoms with Crippen molar-refractivity contribution in [1.82, 2.24) is 0 Å². The van der Waals surface area contributed by atoms with Crippen molar-refractivity contribution in [1.29, 1.82) is 0 Å². The van der Waals surface area contributed by atoms with E-state index in [2.05, 4.69) is 5.32 Å². The minimum atomic E-state index is -0.325. The van der Waals surface area contributed by atoms with Crippen molar-refractivity contribution < 1.29 is 9.90 Å². The third-order valence-corrected chi connectivity index (χ3v) is 1.66. The average Bonchev–Trinajstić information content (AvgIpc) is 2.07. The number of aryl methyl sites for hydroxylation is 1. The molecule has 0 heterocycles. The van der Waals surface area contributed by atoms with Gasteiger partial charge in [-0.3, -0.25) is 4.79 Å². The summed E-state index contributed by atoms with van der Waals surface area (Å²) in [6.45, 7) is 3.43. The second-order valence-electron chi connectivity index (χ2n) is 3.14.